The van der Waals surface area contributed by atoms with Crippen LogP contribution in [0.1, 0.15) is 4.88 Å². The lowest BCUT2D eigenvalue weighted by Crippen LogP contribution is -2.29. The summed E-state index contributed by atoms with van der Waals surface area (Å²) in [5.74, 6) is -4.69. The van der Waals surface area contributed by atoms with Crippen LogP contribution in [0.25, 0.3) is 12.2 Å². The van der Waals surface area contributed by atoms with E-state index < -0.39 is 28.2 Å². The first-order valence-corrected chi connectivity index (χ1v) is 8.78. The van der Waals surface area contributed by atoms with E-state index in [2.05, 4.69) is 15.3 Å². The Kier molecular flexibility index (Phi) is 4.44. The van der Waals surface area contributed by atoms with Crippen LogP contribution in [0.2, 0.25) is 0 Å². The maximum atomic E-state index is 13.4. The summed E-state index contributed by atoms with van der Waals surface area (Å²) in [4.78, 5) is 30.4. The first-order chi connectivity index (χ1) is 13.4. The van der Waals surface area contributed by atoms with Gasteiger partial charge in [-0.05, 0) is 18.2 Å². The smallest absolute Gasteiger partial charge is 0.306 e. The van der Waals surface area contributed by atoms with E-state index in [0.29, 0.717) is 10.2 Å². The van der Waals surface area contributed by atoms with Crippen molar-refractivity contribution in [3.05, 3.63) is 84.5 Å². The lowest BCUT2D eigenvalue weighted by Gasteiger charge is -2.07. The van der Waals surface area contributed by atoms with Gasteiger partial charge in [-0.25, -0.2) is 18.2 Å². The molecule has 0 radical (unpaired) electrons. The van der Waals surface area contributed by atoms with E-state index in [1.807, 2.05) is 0 Å². The van der Waals surface area contributed by atoms with Crippen molar-refractivity contribution in [1.82, 2.24) is 4.98 Å². The van der Waals surface area contributed by atoms with Crippen LogP contribution >= 0.6 is 11.3 Å². The first-order valence-electron chi connectivity index (χ1n) is 7.97. The molecule has 0 unspecified atom stereocenters. The van der Waals surface area contributed by atoms with Gasteiger partial charge in [0.15, 0.2) is 17.5 Å². The van der Waals surface area contributed by atoms with Crippen molar-refractivity contribution in [2.75, 3.05) is 5.32 Å². The molecule has 0 fully saturated rings. The zero-order chi connectivity index (χ0) is 19.8. The molecule has 2 N–H and O–H groups in total. The number of hydrogen-bond donors (Lipinski definition) is 2. The number of aromatic amines is 1. The number of para-hydroxylation sites is 1. The van der Waals surface area contributed by atoms with E-state index in [9.17, 15) is 22.8 Å². The molecule has 0 aliphatic carbocycles. The van der Waals surface area contributed by atoms with E-state index in [4.69, 9.17) is 0 Å². The molecule has 1 aromatic heterocycles. The molecule has 1 aliphatic rings. The Morgan fingerprint density at radius 1 is 1.07 bits per heavy atom. The second-order valence-electron chi connectivity index (χ2n) is 5.85. The summed E-state index contributed by atoms with van der Waals surface area (Å²) in [7, 11) is 0. The molecular formula is C19H10F3N3O2S. The van der Waals surface area contributed by atoms with Gasteiger partial charge in [0.25, 0.3) is 5.91 Å². The average Bonchev–Trinajstić information content (AvgIpc) is 2.99. The second-order valence-corrected chi connectivity index (χ2v) is 6.87. The van der Waals surface area contributed by atoms with Crippen LogP contribution in [-0.4, -0.2) is 10.9 Å². The Bertz CT molecular complexity index is 1300. The number of aromatic nitrogens is 1. The summed E-state index contributed by atoms with van der Waals surface area (Å²) < 4.78 is 39.9. The van der Waals surface area contributed by atoms with E-state index in [0.717, 1.165) is 28.7 Å². The molecule has 0 bridgehead atoms. The number of H-pyrrole nitrogens is 1. The minimum Gasteiger partial charge on any atom is -0.340 e. The molecule has 2 aromatic carbocycles. The standard InChI is InChI=1S/C19H10F3N3O2S/c20-12-7-11(8-13(21)16(12)22)23-17-15(28-19(27)25-17)6-10-5-9-3-1-2-4-14(9)24-18(10)26/h1-8,23H,(H,25,27). The van der Waals surface area contributed by atoms with Gasteiger partial charge >= 0.3 is 4.87 Å². The van der Waals surface area contributed by atoms with Gasteiger partial charge < -0.3 is 5.32 Å². The molecule has 0 spiro atoms. The minimum absolute atomic E-state index is 0.0981. The highest BCUT2D eigenvalue weighted by atomic mass is 32.1. The summed E-state index contributed by atoms with van der Waals surface area (Å²) in [5.41, 5.74) is 0.146. The molecule has 0 saturated carbocycles. The van der Waals surface area contributed by atoms with Crippen molar-refractivity contribution < 1.29 is 18.0 Å². The first kappa shape index (κ1) is 17.9. The largest absolute Gasteiger partial charge is 0.340 e. The predicted octanol–water partition coefficient (Wildman–Crippen LogP) is 2.62. The molecule has 9 heteroatoms. The van der Waals surface area contributed by atoms with Crippen LogP contribution in [-0.2, 0) is 4.79 Å². The van der Waals surface area contributed by atoms with Crippen LogP contribution in [0, 0.1) is 17.5 Å². The highest BCUT2D eigenvalue weighted by molar-refractivity contribution is 7.10. The highest BCUT2D eigenvalue weighted by Crippen LogP contribution is 2.26. The number of anilines is 2. The van der Waals surface area contributed by atoms with Crippen LogP contribution in [0.15, 0.2) is 51.8 Å². The fourth-order valence-electron chi connectivity index (χ4n) is 2.67. The highest BCUT2D eigenvalue weighted by Gasteiger charge is 2.15. The molecule has 1 aliphatic heterocycles. The molecule has 5 nitrogen and oxygen atoms in total. The quantitative estimate of drug-likeness (QED) is 0.524. The van der Waals surface area contributed by atoms with E-state index in [1.54, 1.807) is 30.3 Å². The Morgan fingerprint density at radius 3 is 2.54 bits per heavy atom. The van der Waals surface area contributed by atoms with Crippen LogP contribution in [0.4, 0.5) is 24.7 Å². The Morgan fingerprint density at radius 2 is 1.79 bits per heavy atom. The number of halogens is 3. The molecule has 2 heterocycles. The number of carbonyl (C=O) groups excluding carboxylic acids is 1. The maximum absolute atomic E-state index is 13.4. The van der Waals surface area contributed by atoms with Gasteiger partial charge in [-0.2, -0.15) is 0 Å². The number of nitrogens with zero attached hydrogens (tertiary/aromatic N) is 1. The second kappa shape index (κ2) is 6.93. The number of thiazole rings is 1. The molecular weight excluding hydrogens is 391 g/mol. The molecule has 3 aromatic rings. The maximum Gasteiger partial charge on any atom is 0.306 e. The zero-order valence-corrected chi connectivity index (χ0v) is 14.7. The van der Waals surface area contributed by atoms with E-state index in [-0.39, 0.29) is 17.1 Å². The number of carbonyl (C=O) groups is 1. The third-order valence-corrected chi connectivity index (χ3v) is 4.76. The lowest BCUT2D eigenvalue weighted by molar-refractivity contribution is -0.114. The Balaban J connectivity index is 1.75. The summed E-state index contributed by atoms with van der Waals surface area (Å²) in [6.45, 7) is 0. The Labute approximate surface area is 159 Å². The SMILES string of the molecule is O=C1N=c2ccccc2=CC1=Cc1sc(=O)[nH]c1Nc1cc(F)c(F)c(F)c1. The van der Waals surface area contributed by atoms with Crippen molar-refractivity contribution in [2.45, 2.75) is 0 Å². The molecule has 4 rings (SSSR count). The van der Waals surface area contributed by atoms with Gasteiger partial charge in [0.05, 0.1) is 10.2 Å². The van der Waals surface area contributed by atoms with Crippen LogP contribution in [0.5, 0.6) is 0 Å². The van der Waals surface area contributed by atoms with Crippen molar-refractivity contribution in [1.29, 1.82) is 0 Å². The van der Waals surface area contributed by atoms with Gasteiger partial charge in [-0.1, -0.05) is 29.5 Å². The number of benzene rings is 2. The molecule has 0 atom stereocenters. The van der Waals surface area contributed by atoms with Crippen molar-refractivity contribution >= 4 is 40.9 Å². The van der Waals surface area contributed by atoms with Crippen molar-refractivity contribution in [2.24, 2.45) is 4.99 Å². The summed E-state index contributed by atoms with van der Waals surface area (Å²) >= 11 is 0.797. The average molecular weight is 401 g/mol. The number of nitrogens with one attached hydrogen (secondary N) is 2. The van der Waals surface area contributed by atoms with Crippen LogP contribution in [0.3, 0.4) is 0 Å². The van der Waals surface area contributed by atoms with Crippen molar-refractivity contribution in [3.8, 4) is 0 Å². The topological polar surface area (TPSA) is 74.3 Å². The van der Waals surface area contributed by atoms with E-state index in [1.165, 1.54) is 6.08 Å². The fourth-order valence-corrected chi connectivity index (χ4v) is 3.41. The van der Waals surface area contributed by atoms with Gasteiger partial charge in [-0.15, -0.1) is 0 Å². The van der Waals surface area contributed by atoms with Crippen molar-refractivity contribution in [3.63, 3.8) is 0 Å². The summed E-state index contributed by atoms with van der Waals surface area (Å²) in [6.07, 6.45) is 3.08. The summed E-state index contributed by atoms with van der Waals surface area (Å²) in [5, 5.41) is 3.92. The molecule has 28 heavy (non-hydrogen) atoms. The summed E-state index contributed by atoms with van der Waals surface area (Å²) in [6, 6.07) is 8.59. The van der Waals surface area contributed by atoms with Gasteiger partial charge in [0.2, 0.25) is 0 Å². The normalized spacial score (nSPS) is 14.4. The number of rotatable bonds is 3. The third kappa shape index (κ3) is 3.39. The number of amides is 1. The lowest BCUT2D eigenvalue weighted by atomic mass is 10.1. The van der Waals surface area contributed by atoms with Crippen LogP contribution < -0.4 is 20.8 Å². The van der Waals surface area contributed by atoms with Gasteiger partial charge in [0, 0.05) is 28.6 Å². The monoisotopic (exact) mass is 401 g/mol. The molecule has 1 amide bonds. The van der Waals surface area contributed by atoms with Gasteiger partial charge in [0.1, 0.15) is 5.82 Å². The molecule has 0 saturated heterocycles. The number of fused-ring (bicyclic) bond motifs is 1. The predicted molar refractivity (Wildman–Crippen MR) is 99.2 cm³/mol. The third-order valence-electron chi connectivity index (χ3n) is 3.93. The fraction of sp³-hybridized carbons (Fsp3) is 0. The number of hydrogen-bond acceptors (Lipinski definition) is 4. The van der Waals surface area contributed by atoms with E-state index >= 15 is 0 Å². The Hall–Kier alpha value is -3.46. The van der Waals surface area contributed by atoms with Gasteiger partial charge in [-0.3, -0.25) is 14.6 Å². The minimum atomic E-state index is -1.59. The molecule has 140 valence electrons. The zero-order valence-electron chi connectivity index (χ0n) is 13.9.